The molecule has 1 amide bonds. The van der Waals surface area contributed by atoms with E-state index in [1.54, 1.807) is 6.92 Å². The van der Waals surface area contributed by atoms with Crippen LogP contribution >= 0.6 is 11.8 Å². The second-order valence-electron chi connectivity index (χ2n) is 4.65. The summed E-state index contributed by atoms with van der Waals surface area (Å²) in [6, 6.07) is 0. The van der Waals surface area contributed by atoms with E-state index in [1.165, 1.54) is 0 Å². The molecule has 0 spiro atoms. The van der Waals surface area contributed by atoms with Crippen LogP contribution in [0.25, 0.3) is 0 Å². The fourth-order valence-corrected chi connectivity index (χ4v) is 1.77. The van der Waals surface area contributed by atoms with Gasteiger partial charge in [0.2, 0.25) is 5.91 Å². The molecule has 1 N–H and O–H groups in total. The summed E-state index contributed by atoms with van der Waals surface area (Å²) in [7, 11) is 0. The molecule has 0 aromatic heterocycles. The Balaban J connectivity index is 3.39. The van der Waals surface area contributed by atoms with Crippen LogP contribution in [0, 0.1) is 5.41 Å². The molecule has 0 radical (unpaired) electrons. The van der Waals surface area contributed by atoms with Gasteiger partial charge in [-0.2, -0.15) is 11.8 Å². The summed E-state index contributed by atoms with van der Waals surface area (Å²) < 4.78 is 0. The van der Waals surface area contributed by atoms with E-state index >= 15 is 0 Å². The maximum absolute atomic E-state index is 11.1. The van der Waals surface area contributed by atoms with Crippen molar-refractivity contribution in [2.45, 2.75) is 27.7 Å². The Bertz CT molecular complexity index is 206. The lowest BCUT2D eigenvalue weighted by Crippen LogP contribution is -2.26. The number of carbonyl (C=O) groups excluding carboxylic acids is 1. The second-order valence-corrected chi connectivity index (χ2v) is 5.75. The Morgan fingerprint density at radius 1 is 1.43 bits per heavy atom. The summed E-state index contributed by atoms with van der Waals surface area (Å²) in [5.74, 6) is 2.05. The molecule has 0 saturated carbocycles. The fourth-order valence-electron chi connectivity index (χ4n) is 0.766. The normalized spacial score (nSPS) is 11.1. The summed E-state index contributed by atoms with van der Waals surface area (Å²) in [4.78, 5) is 11.1. The van der Waals surface area contributed by atoms with Gasteiger partial charge >= 0.3 is 0 Å². The van der Waals surface area contributed by atoms with Crippen molar-refractivity contribution in [3.05, 3.63) is 12.2 Å². The largest absolute Gasteiger partial charge is 0.352 e. The Morgan fingerprint density at radius 3 is 2.43 bits per heavy atom. The monoisotopic (exact) mass is 215 g/mol. The summed E-state index contributed by atoms with van der Waals surface area (Å²) in [5, 5.41) is 2.81. The lowest BCUT2D eigenvalue weighted by molar-refractivity contribution is -0.117. The number of nitrogens with one attached hydrogen (secondary N) is 1. The Kier molecular flexibility index (Phi) is 5.93. The van der Waals surface area contributed by atoms with Crippen LogP contribution < -0.4 is 5.32 Å². The lowest BCUT2D eigenvalue weighted by Gasteiger charge is -2.17. The van der Waals surface area contributed by atoms with Gasteiger partial charge in [-0.3, -0.25) is 4.79 Å². The molecule has 82 valence electrons. The first-order valence-electron chi connectivity index (χ1n) is 4.84. The zero-order chi connectivity index (χ0) is 11.2. The smallest absolute Gasteiger partial charge is 0.246 e. The standard InChI is InChI=1S/C11H21NOS/c1-9(2)10(13)12-6-7-14-8-11(3,4)5/h1,6-8H2,2-5H3,(H,12,13). The number of amides is 1. The molecule has 0 fully saturated rings. The van der Waals surface area contributed by atoms with Gasteiger partial charge in [-0.15, -0.1) is 0 Å². The highest BCUT2D eigenvalue weighted by Crippen LogP contribution is 2.19. The van der Waals surface area contributed by atoms with E-state index < -0.39 is 0 Å². The van der Waals surface area contributed by atoms with Gasteiger partial charge in [0.15, 0.2) is 0 Å². The molecule has 2 nitrogen and oxygen atoms in total. The third kappa shape index (κ3) is 8.17. The molecule has 0 aromatic rings. The summed E-state index contributed by atoms with van der Waals surface area (Å²) in [6.07, 6.45) is 0. The quantitative estimate of drug-likeness (QED) is 0.564. The molecule has 0 aliphatic carbocycles. The van der Waals surface area contributed by atoms with E-state index in [0.717, 1.165) is 18.1 Å². The van der Waals surface area contributed by atoms with Crippen LogP contribution in [0.2, 0.25) is 0 Å². The van der Waals surface area contributed by atoms with Crippen LogP contribution in [0.4, 0.5) is 0 Å². The van der Waals surface area contributed by atoms with Gasteiger partial charge in [0, 0.05) is 17.9 Å². The van der Waals surface area contributed by atoms with E-state index in [1.807, 2.05) is 11.8 Å². The Hall–Kier alpha value is -0.440. The molecule has 0 heterocycles. The van der Waals surface area contributed by atoms with E-state index in [2.05, 4.69) is 32.7 Å². The summed E-state index contributed by atoms with van der Waals surface area (Å²) in [5.41, 5.74) is 0.939. The minimum atomic E-state index is -0.0404. The van der Waals surface area contributed by atoms with Crippen LogP contribution in [0.3, 0.4) is 0 Å². The van der Waals surface area contributed by atoms with Crippen molar-refractivity contribution < 1.29 is 4.79 Å². The van der Waals surface area contributed by atoms with Gasteiger partial charge in [-0.25, -0.2) is 0 Å². The average Bonchev–Trinajstić information content (AvgIpc) is 2.01. The van der Waals surface area contributed by atoms with Crippen LogP contribution in [-0.2, 0) is 4.79 Å². The first kappa shape index (κ1) is 13.6. The maximum atomic E-state index is 11.1. The second kappa shape index (κ2) is 6.12. The number of carbonyl (C=O) groups is 1. The van der Waals surface area contributed by atoms with Crippen LogP contribution in [0.5, 0.6) is 0 Å². The molecule has 0 aromatic carbocycles. The highest BCUT2D eigenvalue weighted by Gasteiger charge is 2.09. The first-order valence-corrected chi connectivity index (χ1v) is 6.00. The van der Waals surface area contributed by atoms with Crippen molar-refractivity contribution >= 4 is 17.7 Å². The lowest BCUT2D eigenvalue weighted by atomic mass is 10.0. The first-order chi connectivity index (χ1) is 6.33. The van der Waals surface area contributed by atoms with E-state index in [4.69, 9.17) is 0 Å². The van der Waals surface area contributed by atoms with Crippen molar-refractivity contribution in [1.82, 2.24) is 5.32 Å². The molecule has 14 heavy (non-hydrogen) atoms. The minimum absolute atomic E-state index is 0.0404. The molecule has 0 bridgehead atoms. The molecule has 3 heteroatoms. The molecule has 0 unspecified atom stereocenters. The fraction of sp³-hybridized carbons (Fsp3) is 0.727. The summed E-state index contributed by atoms with van der Waals surface area (Å²) >= 11 is 1.87. The Labute approximate surface area is 91.5 Å². The van der Waals surface area contributed by atoms with Gasteiger partial charge in [-0.05, 0) is 18.1 Å². The van der Waals surface area contributed by atoms with Gasteiger partial charge in [0.25, 0.3) is 0 Å². The van der Waals surface area contributed by atoms with E-state index in [9.17, 15) is 4.79 Å². The van der Waals surface area contributed by atoms with Crippen molar-refractivity contribution in [2.24, 2.45) is 5.41 Å². The predicted octanol–water partition coefficient (Wildman–Crippen LogP) is 2.46. The topological polar surface area (TPSA) is 29.1 Å². The van der Waals surface area contributed by atoms with Crippen molar-refractivity contribution in [2.75, 3.05) is 18.1 Å². The van der Waals surface area contributed by atoms with Gasteiger partial charge in [-0.1, -0.05) is 27.4 Å². The molecule has 0 rings (SSSR count). The van der Waals surface area contributed by atoms with Crippen molar-refractivity contribution in [1.29, 1.82) is 0 Å². The third-order valence-corrected chi connectivity index (χ3v) is 3.02. The van der Waals surface area contributed by atoms with Crippen LogP contribution in [0.15, 0.2) is 12.2 Å². The molecular weight excluding hydrogens is 194 g/mol. The number of rotatable bonds is 5. The van der Waals surface area contributed by atoms with Crippen molar-refractivity contribution in [3.8, 4) is 0 Å². The van der Waals surface area contributed by atoms with E-state index in [-0.39, 0.29) is 5.91 Å². The number of hydrogen-bond acceptors (Lipinski definition) is 2. The molecular formula is C11H21NOS. The van der Waals surface area contributed by atoms with Crippen molar-refractivity contribution in [3.63, 3.8) is 0 Å². The third-order valence-electron chi connectivity index (χ3n) is 1.45. The van der Waals surface area contributed by atoms with Gasteiger partial charge in [0.1, 0.15) is 0 Å². The molecule has 0 saturated heterocycles. The number of hydrogen-bond donors (Lipinski definition) is 1. The van der Waals surface area contributed by atoms with Gasteiger partial charge < -0.3 is 5.32 Å². The van der Waals surface area contributed by atoms with Crippen LogP contribution in [0.1, 0.15) is 27.7 Å². The minimum Gasteiger partial charge on any atom is -0.352 e. The zero-order valence-corrected chi connectivity index (χ0v) is 10.5. The Morgan fingerprint density at radius 2 is 2.00 bits per heavy atom. The van der Waals surface area contributed by atoms with Crippen LogP contribution in [-0.4, -0.2) is 24.0 Å². The average molecular weight is 215 g/mol. The highest BCUT2D eigenvalue weighted by molar-refractivity contribution is 7.99. The summed E-state index contributed by atoms with van der Waals surface area (Å²) in [6.45, 7) is 12.7. The van der Waals surface area contributed by atoms with Gasteiger partial charge in [0.05, 0.1) is 0 Å². The predicted molar refractivity (Wildman–Crippen MR) is 64.6 cm³/mol. The molecule has 0 aliphatic rings. The molecule has 0 aliphatic heterocycles. The molecule has 0 atom stereocenters. The SMILES string of the molecule is C=C(C)C(=O)NCCSCC(C)(C)C. The number of thioether (sulfide) groups is 1. The maximum Gasteiger partial charge on any atom is 0.246 e. The van der Waals surface area contributed by atoms with E-state index in [0.29, 0.717) is 11.0 Å². The highest BCUT2D eigenvalue weighted by atomic mass is 32.2. The zero-order valence-electron chi connectivity index (χ0n) is 9.64.